The fourth-order valence-electron chi connectivity index (χ4n) is 1.38. The van der Waals surface area contributed by atoms with E-state index in [-0.39, 0.29) is 0 Å². The molecule has 0 saturated heterocycles. The first kappa shape index (κ1) is 9.09. The fraction of sp³-hybridized carbons (Fsp3) is 0.0909. The highest BCUT2D eigenvalue weighted by Crippen LogP contribution is 2.34. The molecule has 0 radical (unpaired) electrons. The number of aryl methyl sites for hydroxylation is 1. The Morgan fingerprint density at radius 1 is 1.07 bits per heavy atom. The van der Waals surface area contributed by atoms with Crippen molar-refractivity contribution in [2.75, 3.05) is 11.5 Å². The van der Waals surface area contributed by atoms with Gasteiger partial charge in [-0.05, 0) is 25.1 Å². The van der Waals surface area contributed by atoms with Crippen molar-refractivity contribution in [2.24, 2.45) is 0 Å². The summed E-state index contributed by atoms with van der Waals surface area (Å²) in [4.78, 5) is 2.45. The number of nitrogens with two attached hydrogens (primary N) is 2. The van der Waals surface area contributed by atoms with Gasteiger partial charge in [-0.2, -0.15) is 0 Å². The second-order valence-corrected chi connectivity index (χ2v) is 4.51. The summed E-state index contributed by atoms with van der Waals surface area (Å²) in [6.45, 7) is 2.08. The van der Waals surface area contributed by atoms with E-state index in [1.54, 1.807) is 11.3 Å². The quantitative estimate of drug-likeness (QED) is 0.702. The van der Waals surface area contributed by atoms with E-state index in [0.717, 1.165) is 5.56 Å². The number of rotatable bonds is 1. The highest BCUT2D eigenvalue weighted by molar-refractivity contribution is 7.15. The molecule has 0 aliphatic carbocycles. The molecule has 2 rings (SSSR count). The zero-order chi connectivity index (χ0) is 10.1. The minimum atomic E-state index is 0.647. The van der Waals surface area contributed by atoms with E-state index in [9.17, 15) is 0 Å². The lowest BCUT2D eigenvalue weighted by molar-refractivity contribution is 1.64. The number of benzene rings is 1. The molecule has 0 aliphatic heterocycles. The minimum Gasteiger partial charge on any atom is -0.397 e. The summed E-state index contributed by atoms with van der Waals surface area (Å²) in [6.07, 6.45) is 0. The first-order valence-corrected chi connectivity index (χ1v) is 5.21. The zero-order valence-corrected chi connectivity index (χ0v) is 8.77. The molecule has 4 N–H and O–H groups in total. The average molecular weight is 204 g/mol. The van der Waals surface area contributed by atoms with Crippen LogP contribution in [-0.4, -0.2) is 0 Å². The predicted octanol–water partition coefficient (Wildman–Crippen LogP) is 2.89. The van der Waals surface area contributed by atoms with E-state index < -0.39 is 0 Å². The number of hydrogen-bond donors (Lipinski definition) is 2. The van der Waals surface area contributed by atoms with Crippen LogP contribution in [0.3, 0.4) is 0 Å². The zero-order valence-electron chi connectivity index (χ0n) is 7.95. The molecule has 0 spiro atoms. The Bertz CT molecular complexity index is 460. The van der Waals surface area contributed by atoms with Gasteiger partial charge in [0.15, 0.2) is 0 Å². The molecule has 3 heteroatoms. The Morgan fingerprint density at radius 3 is 2.50 bits per heavy atom. The SMILES string of the molecule is Cc1ccc(-c2cccc(N)c2N)s1. The molecule has 2 nitrogen and oxygen atoms in total. The standard InChI is InChI=1S/C11H12N2S/c1-7-5-6-10(14-7)8-3-2-4-9(12)11(8)13/h2-6H,12-13H2,1H3. The molecule has 14 heavy (non-hydrogen) atoms. The Morgan fingerprint density at radius 2 is 1.86 bits per heavy atom. The van der Waals surface area contributed by atoms with Crippen LogP contribution in [-0.2, 0) is 0 Å². The molecule has 72 valence electrons. The molecule has 0 bridgehead atoms. The molecular weight excluding hydrogens is 192 g/mol. The van der Waals surface area contributed by atoms with Crippen molar-refractivity contribution in [3.05, 3.63) is 35.2 Å². The van der Waals surface area contributed by atoms with Crippen LogP contribution in [0.2, 0.25) is 0 Å². The van der Waals surface area contributed by atoms with Gasteiger partial charge in [-0.25, -0.2) is 0 Å². The first-order valence-electron chi connectivity index (χ1n) is 4.39. The molecule has 2 aromatic rings. The average Bonchev–Trinajstić information content (AvgIpc) is 2.57. The molecule has 1 aromatic heterocycles. The van der Waals surface area contributed by atoms with Crippen molar-refractivity contribution in [3.8, 4) is 10.4 Å². The highest BCUT2D eigenvalue weighted by Gasteiger charge is 2.06. The van der Waals surface area contributed by atoms with E-state index in [2.05, 4.69) is 19.1 Å². The monoisotopic (exact) mass is 204 g/mol. The van der Waals surface area contributed by atoms with Crippen LogP contribution in [0.5, 0.6) is 0 Å². The molecule has 0 atom stereocenters. The minimum absolute atomic E-state index is 0.647. The summed E-state index contributed by atoms with van der Waals surface area (Å²) < 4.78 is 0. The summed E-state index contributed by atoms with van der Waals surface area (Å²) in [5.41, 5.74) is 14.0. The van der Waals surface area contributed by atoms with Gasteiger partial charge in [-0.1, -0.05) is 12.1 Å². The van der Waals surface area contributed by atoms with Gasteiger partial charge in [0.1, 0.15) is 0 Å². The fourth-order valence-corrected chi connectivity index (χ4v) is 2.28. The van der Waals surface area contributed by atoms with Crippen LogP contribution in [0.25, 0.3) is 10.4 Å². The Balaban J connectivity index is 2.57. The van der Waals surface area contributed by atoms with Crippen molar-refractivity contribution in [1.82, 2.24) is 0 Å². The Kier molecular flexibility index (Phi) is 2.17. The second kappa shape index (κ2) is 3.35. The van der Waals surface area contributed by atoms with Crippen molar-refractivity contribution in [1.29, 1.82) is 0 Å². The third kappa shape index (κ3) is 1.46. The van der Waals surface area contributed by atoms with Crippen LogP contribution >= 0.6 is 11.3 Å². The van der Waals surface area contributed by atoms with Gasteiger partial charge in [0, 0.05) is 15.3 Å². The molecule has 0 aliphatic rings. The molecule has 0 amide bonds. The maximum absolute atomic E-state index is 5.91. The maximum atomic E-state index is 5.91. The van der Waals surface area contributed by atoms with E-state index in [4.69, 9.17) is 11.5 Å². The molecule has 1 aromatic carbocycles. The van der Waals surface area contributed by atoms with Crippen LogP contribution in [0, 0.1) is 6.92 Å². The molecule has 0 saturated carbocycles. The highest BCUT2D eigenvalue weighted by atomic mass is 32.1. The molecule has 0 unspecified atom stereocenters. The lowest BCUT2D eigenvalue weighted by Crippen LogP contribution is -1.95. The number of nitrogen functional groups attached to an aromatic ring is 2. The summed E-state index contributed by atoms with van der Waals surface area (Å²) in [5, 5.41) is 0. The Labute approximate surface area is 87.2 Å². The smallest absolute Gasteiger partial charge is 0.0635 e. The largest absolute Gasteiger partial charge is 0.397 e. The van der Waals surface area contributed by atoms with Gasteiger partial charge in [-0.15, -0.1) is 11.3 Å². The number of thiophene rings is 1. The third-order valence-corrected chi connectivity index (χ3v) is 3.18. The van der Waals surface area contributed by atoms with Gasteiger partial charge in [0.2, 0.25) is 0 Å². The summed E-state index contributed by atoms with van der Waals surface area (Å²) in [5.74, 6) is 0. The molecular formula is C11H12N2S. The van der Waals surface area contributed by atoms with Gasteiger partial charge in [0.05, 0.1) is 11.4 Å². The van der Waals surface area contributed by atoms with Crippen molar-refractivity contribution in [2.45, 2.75) is 6.92 Å². The van der Waals surface area contributed by atoms with E-state index in [1.165, 1.54) is 9.75 Å². The molecule has 0 fully saturated rings. The first-order chi connectivity index (χ1) is 6.68. The van der Waals surface area contributed by atoms with Crippen LogP contribution in [0.1, 0.15) is 4.88 Å². The number of anilines is 2. The van der Waals surface area contributed by atoms with Crippen LogP contribution < -0.4 is 11.5 Å². The van der Waals surface area contributed by atoms with Crippen molar-refractivity contribution < 1.29 is 0 Å². The Hall–Kier alpha value is -1.48. The molecule has 1 heterocycles. The van der Waals surface area contributed by atoms with Crippen molar-refractivity contribution >= 4 is 22.7 Å². The van der Waals surface area contributed by atoms with Gasteiger partial charge >= 0.3 is 0 Å². The number of hydrogen-bond acceptors (Lipinski definition) is 3. The van der Waals surface area contributed by atoms with E-state index >= 15 is 0 Å². The lowest BCUT2D eigenvalue weighted by Gasteiger charge is -2.05. The van der Waals surface area contributed by atoms with Crippen LogP contribution in [0.15, 0.2) is 30.3 Å². The topological polar surface area (TPSA) is 52.0 Å². The normalized spacial score (nSPS) is 10.4. The third-order valence-electron chi connectivity index (χ3n) is 2.15. The van der Waals surface area contributed by atoms with Crippen molar-refractivity contribution in [3.63, 3.8) is 0 Å². The van der Waals surface area contributed by atoms with E-state index in [0.29, 0.717) is 11.4 Å². The lowest BCUT2D eigenvalue weighted by atomic mass is 10.1. The summed E-state index contributed by atoms with van der Waals surface area (Å²) in [7, 11) is 0. The summed E-state index contributed by atoms with van der Waals surface area (Å²) >= 11 is 1.73. The van der Waals surface area contributed by atoms with Gasteiger partial charge in [-0.3, -0.25) is 0 Å². The predicted molar refractivity (Wildman–Crippen MR) is 63.3 cm³/mol. The maximum Gasteiger partial charge on any atom is 0.0635 e. The van der Waals surface area contributed by atoms with Gasteiger partial charge < -0.3 is 11.5 Å². The number of para-hydroxylation sites is 1. The van der Waals surface area contributed by atoms with Gasteiger partial charge in [0.25, 0.3) is 0 Å². The summed E-state index contributed by atoms with van der Waals surface area (Å²) in [6, 6.07) is 9.90. The van der Waals surface area contributed by atoms with E-state index in [1.807, 2.05) is 18.2 Å². The van der Waals surface area contributed by atoms with Crippen LogP contribution in [0.4, 0.5) is 11.4 Å². The second-order valence-electron chi connectivity index (χ2n) is 3.22.